The molecule has 0 N–H and O–H groups in total. The van der Waals surface area contributed by atoms with E-state index in [1.807, 2.05) is 31.2 Å². The van der Waals surface area contributed by atoms with Crippen molar-refractivity contribution < 1.29 is 0 Å². The minimum absolute atomic E-state index is 0.0572. The molecule has 0 saturated carbocycles. The Kier molecular flexibility index (Phi) is 3.14. The van der Waals surface area contributed by atoms with Gasteiger partial charge in [0.25, 0.3) is 5.56 Å². The van der Waals surface area contributed by atoms with E-state index in [-0.39, 0.29) is 5.56 Å². The summed E-state index contributed by atoms with van der Waals surface area (Å²) in [6, 6.07) is 7.54. The van der Waals surface area contributed by atoms with Gasteiger partial charge in [-0.3, -0.25) is 14.3 Å². The van der Waals surface area contributed by atoms with Crippen LogP contribution in [-0.2, 0) is 7.05 Å². The van der Waals surface area contributed by atoms with Gasteiger partial charge in [0.15, 0.2) is 0 Å². The number of hydrogen-bond donors (Lipinski definition) is 0. The van der Waals surface area contributed by atoms with Gasteiger partial charge in [0, 0.05) is 29.5 Å². The maximum absolute atomic E-state index is 12.5. The van der Waals surface area contributed by atoms with Crippen LogP contribution in [0.2, 0.25) is 0 Å². The van der Waals surface area contributed by atoms with E-state index in [0.717, 1.165) is 15.6 Å². The smallest absolute Gasteiger partial charge is 0.261 e. The summed E-state index contributed by atoms with van der Waals surface area (Å²) in [4.78, 5) is 21.2. The topological polar surface area (TPSA) is 47.8 Å². The number of hydrogen-bond acceptors (Lipinski definition) is 3. The van der Waals surface area contributed by atoms with Crippen molar-refractivity contribution in [1.29, 1.82) is 0 Å². The largest absolute Gasteiger partial charge is 0.295 e. The average molecular weight is 330 g/mol. The second-order valence-corrected chi connectivity index (χ2v) is 5.54. The molecule has 100 valence electrons. The summed E-state index contributed by atoms with van der Waals surface area (Å²) in [5.74, 6) is 0.611. The number of benzene rings is 1. The molecule has 20 heavy (non-hydrogen) atoms. The fourth-order valence-electron chi connectivity index (χ4n) is 2.22. The molecule has 0 fully saturated rings. The fraction of sp³-hybridized carbons (Fsp3) is 0.133. The molecule has 0 unspecified atom stereocenters. The van der Waals surface area contributed by atoms with Crippen LogP contribution in [0.4, 0.5) is 0 Å². The SMILES string of the molecule is Cc1cc(Br)c2nc(-c3cccnc3)n(C)c(=O)c2c1. The van der Waals surface area contributed by atoms with Gasteiger partial charge in [0.05, 0.1) is 10.9 Å². The summed E-state index contributed by atoms with van der Waals surface area (Å²) in [5.41, 5.74) is 2.47. The molecule has 4 nitrogen and oxygen atoms in total. The van der Waals surface area contributed by atoms with Crippen molar-refractivity contribution in [2.45, 2.75) is 6.92 Å². The van der Waals surface area contributed by atoms with E-state index in [0.29, 0.717) is 16.7 Å². The lowest BCUT2D eigenvalue weighted by Gasteiger charge is -2.10. The highest BCUT2D eigenvalue weighted by Gasteiger charge is 2.12. The van der Waals surface area contributed by atoms with E-state index in [9.17, 15) is 4.79 Å². The molecule has 2 aromatic heterocycles. The van der Waals surface area contributed by atoms with Crippen LogP contribution >= 0.6 is 15.9 Å². The molecule has 0 aliphatic carbocycles. The molecular weight excluding hydrogens is 318 g/mol. The van der Waals surface area contributed by atoms with Crippen molar-refractivity contribution in [3.63, 3.8) is 0 Å². The Bertz CT molecular complexity index is 856. The summed E-state index contributed by atoms with van der Waals surface area (Å²) >= 11 is 3.49. The van der Waals surface area contributed by atoms with Gasteiger partial charge in [-0.05, 0) is 52.7 Å². The Morgan fingerprint density at radius 3 is 2.80 bits per heavy atom. The van der Waals surface area contributed by atoms with Crippen LogP contribution in [0.1, 0.15) is 5.56 Å². The number of aromatic nitrogens is 3. The summed E-state index contributed by atoms with van der Waals surface area (Å²) in [5, 5.41) is 0.618. The maximum Gasteiger partial charge on any atom is 0.261 e. The van der Waals surface area contributed by atoms with Gasteiger partial charge in [-0.1, -0.05) is 0 Å². The van der Waals surface area contributed by atoms with Crippen LogP contribution in [0.5, 0.6) is 0 Å². The number of fused-ring (bicyclic) bond motifs is 1. The van der Waals surface area contributed by atoms with Crippen LogP contribution in [0.25, 0.3) is 22.3 Å². The highest BCUT2D eigenvalue weighted by molar-refractivity contribution is 9.10. The Hall–Kier alpha value is -2.01. The van der Waals surface area contributed by atoms with Crippen molar-refractivity contribution in [2.75, 3.05) is 0 Å². The van der Waals surface area contributed by atoms with Crippen molar-refractivity contribution >= 4 is 26.8 Å². The zero-order valence-corrected chi connectivity index (χ0v) is 12.7. The first-order valence-electron chi connectivity index (χ1n) is 6.15. The van der Waals surface area contributed by atoms with E-state index < -0.39 is 0 Å². The van der Waals surface area contributed by atoms with Gasteiger partial charge in [0.2, 0.25) is 0 Å². The molecule has 3 aromatic rings. The summed E-state index contributed by atoms with van der Waals surface area (Å²) in [6.45, 7) is 1.96. The normalized spacial score (nSPS) is 10.9. The zero-order chi connectivity index (χ0) is 14.3. The van der Waals surface area contributed by atoms with Gasteiger partial charge in [-0.2, -0.15) is 0 Å². The minimum Gasteiger partial charge on any atom is -0.295 e. The molecule has 0 aliphatic rings. The molecule has 3 rings (SSSR count). The highest BCUT2D eigenvalue weighted by Crippen LogP contribution is 2.24. The van der Waals surface area contributed by atoms with Crippen LogP contribution in [-0.4, -0.2) is 14.5 Å². The van der Waals surface area contributed by atoms with Gasteiger partial charge in [-0.25, -0.2) is 4.98 Å². The zero-order valence-electron chi connectivity index (χ0n) is 11.1. The van der Waals surface area contributed by atoms with Gasteiger partial charge >= 0.3 is 0 Å². The lowest BCUT2D eigenvalue weighted by Crippen LogP contribution is -2.20. The van der Waals surface area contributed by atoms with Crippen LogP contribution in [0.3, 0.4) is 0 Å². The minimum atomic E-state index is -0.0572. The lowest BCUT2D eigenvalue weighted by molar-refractivity contribution is 0.854. The summed E-state index contributed by atoms with van der Waals surface area (Å²) in [7, 11) is 1.73. The van der Waals surface area contributed by atoms with Gasteiger partial charge in [-0.15, -0.1) is 0 Å². The number of pyridine rings is 1. The Morgan fingerprint density at radius 1 is 1.30 bits per heavy atom. The first-order valence-corrected chi connectivity index (χ1v) is 6.94. The van der Waals surface area contributed by atoms with Crippen molar-refractivity contribution in [3.8, 4) is 11.4 Å². The van der Waals surface area contributed by atoms with E-state index >= 15 is 0 Å². The highest BCUT2D eigenvalue weighted by atomic mass is 79.9. The standard InChI is InChI=1S/C15H12BrN3O/c1-9-6-11-13(12(16)7-9)18-14(19(2)15(11)20)10-4-3-5-17-8-10/h3-8H,1-2H3. The number of aryl methyl sites for hydroxylation is 1. The molecule has 5 heteroatoms. The molecule has 1 aromatic carbocycles. The predicted octanol–water partition coefficient (Wildman–Crippen LogP) is 3.07. The predicted molar refractivity (Wildman–Crippen MR) is 82.7 cm³/mol. The third kappa shape index (κ3) is 2.04. The van der Waals surface area contributed by atoms with Crippen molar-refractivity contribution in [3.05, 3.63) is 57.0 Å². The number of halogens is 1. The summed E-state index contributed by atoms with van der Waals surface area (Å²) < 4.78 is 2.39. The first kappa shape index (κ1) is 13.0. The molecule has 0 atom stereocenters. The van der Waals surface area contributed by atoms with Gasteiger partial charge < -0.3 is 0 Å². The third-order valence-electron chi connectivity index (χ3n) is 3.20. The van der Waals surface area contributed by atoms with Gasteiger partial charge in [0.1, 0.15) is 5.82 Å². The Balaban J connectivity index is 2.42. The van der Waals surface area contributed by atoms with E-state index in [4.69, 9.17) is 0 Å². The van der Waals surface area contributed by atoms with E-state index in [1.165, 1.54) is 0 Å². The maximum atomic E-state index is 12.5. The molecule has 2 heterocycles. The van der Waals surface area contributed by atoms with Crippen LogP contribution < -0.4 is 5.56 Å². The van der Waals surface area contributed by atoms with E-state index in [1.54, 1.807) is 24.0 Å². The monoisotopic (exact) mass is 329 g/mol. The lowest BCUT2D eigenvalue weighted by atomic mass is 10.1. The second kappa shape index (κ2) is 4.83. The molecular formula is C15H12BrN3O. The fourth-order valence-corrected chi connectivity index (χ4v) is 2.89. The van der Waals surface area contributed by atoms with Crippen molar-refractivity contribution in [1.82, 2.24) is 14.5 Å². The molecule has 0 spiro atoms. The molecule has 0 saturated heterocycles. The van der Waals surface area contributed by atoms with Crippen molar-refractivity contribution in [2.24, 2.45) is 7.05 Å². The molecule has 0 radical (unpaired) electrons. The Morgan fingerprint density at radius 2 is 2.10 bits per heavy atom. The second-order valence-electron chi connectivity index (χ2n) is 4.68. The summed E-state index contributed by atoms with van der Waals surface area (Å²) in [6.07, 6.45) is 3.40. The van der Waals surface area contributed by atoms with E-state index in [2.05, 4.69) is 25.9 Å². The first-order chi connectivity index (χ1) is 9.58. The number of nitrogens with zero attached hydrogens (tertiary/aromatic N) is 3. The quantitative estimate of drug-likeness (QED) is 0.689. The van der Waals surface area contributed by atoms with Crippen LogP contribution in [0.15, 0.2) is 45.9 Å². The molecule has 0 aliphatic heterocycles. The molecule has 0 amide bonds. The third-order valence-corrected chi connectivity index (χ3v) is 3.80. The van der Waals surface area contributed by atoms with Crippen LogP contribution in [0, 0.1) is 6.92 Å². The molecule has 0 bridgehead atoms. The average Bonchev–Trinajstić information content (AvgIpc) is 2.44. The Labute approximate surface area is 124 Å². The number of rotatable bonds is 1.